The minimum Gasteiger partial charge on any atom is -0.340 e. The summed E-state index contributed by atoms with van der Waals surface area (Å²) in [6, 6.07) is 10.3. The van der Waals surface area contributed by atoms with Gasteiger partial charge in [-0.05, 0) is 38.8 Å². The second-order valence-electron chi connectivity index (χ2n) is 5.14. The molecule has 0 aromatic heterocycles. The van der Waals surface area contributed by atoms with Crippen LogP contribution in [0, 0.1) is 0 Å². The molecule has 1 amide bonds. The molecule has 1 aromatic rings. The lowest BCUT2D eigenvalue weighted by molar-refractivity contribution is -0.134. The molecule has 1 rings (SSSR count). The predicted molar refractivity (Wildman–Crippen MR) is 80.0 cm³/mol. The van der Waals surface area contributed by atoms with E-state index in [1.165, 1.54) is 0 Å². The third-order valence-corrected chi connectivity index (χ3v) is 3.42. The largest absolute Gasteiger partial charge is 0.340 e. The van der Waals surface area contributed by atoms with Gasteiger partial charge in [0, 0.05) is 12.6 Å². The van der Waals surface area contributed by atoms with Gasteiger partial charge in [0.15, 0.2) is 0 Å². The van der Waals surface area contributed by atoms with Crippen molar-refractivity contribution in [3.63, 3.8) is 0 Å². The Hall–Kier alpha value is -1.35. The Kier molecular flexibility index (Phi) is 6.57. The van der Waals surface area contributed by atoms with Crippen molar-refractivity contribution in [2.75, 3.05) is 13.1 Å². The molecule has 0 aliphatic carbocycles. The maximum absolute atomic E-state index is 12.7. The average molecular weight is 262 g/mol. The molecular formula is C16H26N2O. The molecule has 0 saturated carbocycles. The fraction of sp³-hybridized carbons (Fsp3) is 0.562. The molecule has 1 unspecified atom stereocenters. The van der Waals surface area contributed by atoms with E-state index in [9.17, 15) is 4.79 Å². The van der Waals surface area contributed by atoms with Gasteiger partial charge in [0.1, 0.15) is 0 Å². The zero-order valence-corrected chi connectivity index (χ0v) is 12.3. The van der Waals surface area contributed by atoms with Crippen molar-refractivity contribution in [2.45, 2.75) is 45.6 Å². The molecule has 0 fully saturated rings. The molecule has 1 atom stereocenters. The summed E-state index contributed by atoms with van der Waals surface area (Å²) < 4.78 is 0. The van der Waals surface area contributed by atoms with Crippen molar-refractivity contribution < 1.29 is 4.79 Å². The van der Waals surface area contributed by atoms with Gasteiger partial charge in [0.05, 0.1) is 5.92 Å². The van der Waals surface area contributed by atoms with Crippen LogP contribution in [0.5, 0.6) is 0 Å². The third-order valence-electron chi connectivity index (χ3n) is 3.42. The SMILES string of the molecule is CCC(C(=O)N(CCCN)C(C)C)c1ccccc1. The highest BCUT2D eigenvalue weighted by Crippen LogP contribution is 2.23. The predicted octanol–water partition coefficient (Wildman–Crippen LogP) is 2.77. The number of amides is 1. The maximum Gasteiger partial charge on any atom is 0.230 e. The van der Waals surface area contributed by atoms with Gasteiger partial charge in [0.2, 0.25) is 5.91 Å². The molecule has 106 valence electrons. The zero-order chi connectivity index (χ0) is 14.3. The Morgan fingerprint density at radius 2 is 1.89 bits per heavy atom. The molecule has 0 spiro atoms. The monoisotopic (exact) mass is 262 g/mol. The molecule has 0 bridgehead atoms. The molecule has 0 radical (unpaired) electrons. The number of hydrogen-bond acceptors (Lipinski definition) is 2. The first-order valence-electron chi connectivity index (χ1n) is 7.17. The first-order chi connectivity index (χ1) is 9.11. The molecule has 0 aliphatic rings. The van der Waals surface area contributed by atoms with Gasteiger partial charge >= 0.3 is 0 Å². The van der Waals surface area contributed by atoms with Crippen molar-refractivity contribution in [1.82, 2.24) is 4.90 Å². The van der Waals surface area contributed by atoms with Crippen molar-refractivity contribution in [1.29, 1.82) is 0 Å². The quantitative estimate of drug-likeness (QED) is 0.821. The highest BCUT2D eigenvalue weighted by molar-refractivity contribution is 5.84. The summed E-state index contributed by atoms with van der Waals surface area (Å²) in [6.45, 7) is 7.56. The van der Waals surface area contributed by atoms with Crippen molar-refractivity contribution in [3.05, 3.63) is 35.9 Å². The van der Waals surface area contributed by atoms with Gasteiger partial charge in [-0.15, -0.1) is 0 Å². The third kappa shape index (κ3) is 4.35. The number of hydrogen-bond donors (Lipinski definition) is 1. The number of benzene rings is 1. The van der Waals surface area contributed by atoms with Crippen LogP contribution in [0.4, 0.5) is 0 Å². The van der Waals surface area contributed by atoms with Gasteiger partial charge < -0.3 is 10.6 Å². The van der Waals surface area contributed by atoms with Crippen molar-refractivity contribution in [3.8, 4) is 0 Å². The van der Waals surface area contributed by atoms with Crippen LogP contribution in [-0.4, -0.2) is 29.9 Å². The van der Waals surface area contributed by atoms with E-state index in [0.29, 0.717) is 6.54 Å². The Morgan fingerprint density at radius 3 is 2.37 bits per heavy atom. The number of nitrogens with two attached hydrogens (primary N) is 1. The zero-order valence-electron chi connectivity index (χ0n) is 12.3. The van der Waals surface area contributed by atoms with E-state index in [1.54, 1.807) is 0 Å². The summed E-state index contributed by atoms with van der Waals surface area (Å²) in [7, 11) is 0. The van der Waals surface area contributed by atoms with Gasteiger partial charge in [0.25, 0.3) is 0 Å². The standard InChI is InChI=1S/C16H26N2O/c1-4-15(14-9-6-5-7-10-14)16(19)18(13(2)3)12-8-11-17/h5-7,9-10,13,15H,4,8,11-12,17H2,1-3H3. The molecule has 3 heteroatoms. The van der Waals surface area contributed by atoms with Crippen molar-refractivity contribution >= 4 is 5.91 Å². The molecule has 3 nitrogen and oxygen atoms in total. The smallest absolute Gasteiger partial charge is 0.230 e. The van der Waals surface area contributed by atoms with E-state index >= 15 is 0 Å². The van der Waals surface area contributed by atoms with Crippen molar-refractivity contribution in [2.24, 2.45) is 5.73 Å². The van der Waals surface area contributed by atoms with Crippen LogP contribution in [0.2, 0.25) is 0 Å². The van der Waals surface area contributed by atoms with Crippen LogP contribution in [0.25, 0.3) is 0 Å². The molecule has 0 saturated heterocycles. The van der Waals surface area contributed by atoms with E-state index in [-0.39, 0.29) is 17.9 Å². The first kappa shape index (κ1) is 15.7. The van der Waals surface area contributed by atoms with Crippen LogP contribution >= 0.6 is 0 Å². The summed E-state index contributed by atoms with van der Waals surface area (Å²) in [5, 5.41) is 0. The van der Waals surface area contributed by atoms with Gasteiger partial charge in [-0.25, -0.2) is 0 Å². The molecule has 0 aliphatic heterocycles. The maximum atomic E-state index is 12.7. The molecule has 0 heterocycles. The lowest BCUT2D eigenvalue weighted by Gasteiger charge is -2.30. The summed E-state index contributed by atoms with van der Waals surface area (Å²) in [4.78, 5) is 14.7. The fourth-order valence-electron chi connectivity index (χ4n) is 2.32. The van der Waals surface area contributed by atoms with E-state index in [1.807, 2.05) is 35.2 Å². The van der Waals surface area contributed by atoms with Crippen LogP contribution in [0.3, 0.4) is 0 Å². The minimum absolute atomic E-state index is 0.0404. The van der Waals surface area contributed by atoms with Crippen LogP contribution in [0.15, 0.2) is 30.3 Å². The number of carbonyl (C=O) groups excluding carboxylic acids is 1. The van der Waals surface area contributed by atoms with E-state index < -0.39 is 0 Å². The van der Waals surface area contributed by atoms with Crippen LogP contribution in [-0.2, 0) is 4.79 Å². The highest BCUT2D eigenvalue weighted by Gasteiger charge is 2.25. The van der Waals surface area contributed by atoms with E-state index in [2.05, 4.69) is 20.8 Å². The van der Waals surface area contributed by atoms with Crippen LogP contribution < -0.4 is 5.73 Å². The highest BCUT2D eigenvalue weighted by atomic mass is 16.2. The lowest BCUT2D eigenvalue weighted by atomic mass is 9.94. The number of carbonyl (C=O) groups is 1. The summed E-state index contributed by atoms with van der Waals surface area (Å²) >= 11 is 0. The molecule has 1 aromatic carbocycles. The Bertz CT molecular complexity index is 376. The van der Waals surface area contributed by atoms with Gasteiger partial charge in [-0.2, -0.15) is 0 Å². The van der Waals surface area contributed by atoms with Crippen LogP contribution in [0.1, 0.15) is 45.1 Å². The molecular weight excluding hydrogens is 236 g/mol. The number of nitrogens with zero attached hydrogens (tertiary/aromatic N) is 1. The Balaban J connectivity index is 2.86. The second-order valence-corrected chi connectivity index (χ2v) is 5.14. The Morgan fingerprint density at radius 1 is 1.26 bits per heavy atom. The normalized spacial score (nSPS) is 12.5. The topological polar surface area (TPSA) is 46.3 Å². The van der Waals surface area contributed by atoms with E-state index in [4.69, 9.17) is 5.73 Å². The fourth-order valence-corrected chi connectivity index (χ4v) is 2.32. The first-order valence-corrected chi connectivity index (χ1v) is 7.17. The lowest BCUT2D eigenvalue weighted by Crippen LogP contribution is -2.41. The summed E-state index contributed by atoms with van der Waals surface area (Å²) in [5.41, 5.74) is 6.66. The van der Waals surface area contributed by atoms with Gasteiger partial charge in [-0.3, -0.25) is 4.79 Å². The molecule has 2 N–H and O–H groups in total. The second kappa shape index (κ2) is 7.95. The summed E-state index contributed by atoms with van der Waals surface area (Å²) in [5.74, 6) is 0.179. The van der Waals surface area contributed by atoms with Gasteiger partial charge in [-0.1, -0.05) is 37.3 Å². The minimum atomic E-state index is -0.0404. The molecule has 19 heavy (non-hydrogen) atoms. The number of rotatable bonds is 7. The average Bonchev–Trinajstić information content (AvgIpc) is 2.41. The summed E-state index contributed by atoms with van der Waals surface area (Å²) in [6.07, 6.45) is 1.68. The Labute approximate surface area is 116 Å². The van der Waals surface area contributed by atoms with E-state index in [0.717, 1.165) is 24.9 Å².